The summed E-state index contributed by atoms with van der Waals surface area (Å²) in [5.41, 5.74) is 16.8. The Morgan fingerprint density at radius 3 is 1.56 bits per heavy atom. The van der Waals surface area contributed by atoms with E-state index in [9.17, 15) is 0 Å². The lowest BCUT2D eigenvalue weighted by molar-refractivity contribution is 0.670. The summed E-state index contributed by atoms with van der Waals surface area (Å²) in [6, 6.07) is 90.2. The highest BCUT2D eigenvalue weighted by molar-refractivity contribution is 6.26. The van der Waals surface area contributed by atoms with Gasteiger partial charge in [-0.2, -0.15) is 0 Å². The van der Waals surface area contributed by atoms with Gasteiger partial charge in [0.2, 0.25) is 0 Å². The minimum atomic E-state index is 0.903. The van der Waals surface area contributed by atoms with E-state index in [1.165, 1.54) is 65.7 Å². The average molecular weight is 840 g/mol. The van der Waals surface area contributed by atoms with Gasteiger partial charge in [0, 0.05) is 33.3 Å². The van der Waals surface area contributed by atoms with E-state index in [1.807, 2.05) is 12.1 Å². The largest absolute Gasteiger partial charge is 0.455 e. The summed E-state index contributed by atoms with van der Waals surface area (Å²) in [6.45, 7) is 0. The first-order valence-corrected chi connectivity index (χ1v) is 22.7. The van der Waals surface area contributed by atoms with Gasteiger partial charge in [-0.3, -0.25) is 0 Å². The maximum absolute atomic E-state index is 6.46. The summed E-state index contributed by atoms with van der Waals surface area (Å²) in [5, 5.41) is 10.0. The van der Waals surface area contributed by atoms with E-state index in [1.54, 1.807) is 0 Å². The molecule has 0 N–H and O–H groups in total. The van der Waals surface area contributed by atoms with Crippen molar-refractivity contribution < 1.29 is 4.42 Å². The van der Waals surface area contributed by atoms with Crippen molar-refractivity contribution in [2.45, 2.75) is 0 Å². The molecular formula is C64H41NO. The number of rotatable bonds is 8. The van der Waals surface area contributed by atoms with Gasteiger partial charge in [-0.1, -0.05) is 206 Å². The third kappa shape index (κ3) is 6.26. The summed E-state index contributed by atoms with van der Waals surface area (Å²) in [4.78, 5) is 2.38. The Morgan fingerprint density at radius 2 is 0.803 bits per heavy atom. The molecule has 0 saturated heterocycles. The van der Waals surface area contributed by atoms with E-state index in [0.29, 0.717) is 0 Å². The second-order valence-corrected chi connectivity index (χ2v) is 17.2. The molecule has 2 heteroatoms. The third-order valence-electron chi connectivity index (χ3n) is 13.5. The molecule has 0 radical (unpaired) electrons. The first kappa shape index (κ1) is 37.8. The lowest BCUT2D eigenvalue weighted by Gasteiger charge is -2.28. The summed E-state index contributed by atoms with van der Waals surface area (Å²) < 4.78 is 6.46. The van der Waals surface area contributed by atoms with Crippen molar-refractivity contribution in [1.82, 2.24) is 0 Å². The maximum atomic E-state index is 6.46. The zero-order valence-electron chi connectivity index (χ0n) is 36.0. The normalized spacial score (nSPS) is 11.6. The van der Waals surface area contributed by atoms with Gasteiger partial charge in [0.1, 0.15) is 11.2 Å². The van der Waals surface area contributed by atoms with Gasteiger partial charge in [-0.05, 0) is 119 Å². The molecule has 0 aliphatic rings. The highest BCUT2D eigenvalue weighted by Crippen LogP contribution is 2.45. The van der Waals surface area contributed by atoms with Gasteiger partial charge in [0.15, 0.2) is 0 Å². The molecule has 1 heterocycles. The van der Waals surface area contributed by atoms with Crippen LogP contribution in [0.15, 0.2) is 253 Å². The SMILES string of the molecule is c1ccc(-c2cc(-c3ccc(N(c4ccc(-c5cccc6c5oc5ccccc56)cc4)c4ccccc4-c4ccccc4)cc3)ccc2-c2ccc3ccc4cccc5ccc2c3c45)cc1. The topological polar surface area (TPSA) is 16.4 Å². The summed E-state index contributed by atoms with van der Waals surface area (Å²) >= 11 is 0. The van der Waals surface area contributed by atoms with Crippen LogP contribution in [0.2, 0.25) is 0 Å². The molecule has 0 aliphatic carbocycles. The Bertz CT molecular complexity index is 3890. The molecule has 0 amide bonds. The van der Waals surface area contributed by atoms with Crippen molar-refractivity contribution in [3.8, 4) is 55.6 Å². The van der Waals surface area contributed by atoms with Crippen molar-refractivity contribution in [2.75, 3.05) is 4.90 Å². The minimum absolute atomic E-state index is 0.903. The summed E-state index contributed by atoms with van der Waals surface area (Å²) in [7, 11) is 0. The minimum Gasteiger partial charge on any atom is -0.455 e. The van der Waals surface area contributed by atoms with Crippen LogP contribution < -0.4 is 4.90 Å². The molecule has 0 unspecified atom stereocenters. The standard InChI is InChI=1S/C64H41NO/c1-3-13-43(14-4-1)52-19-7-9-23-60(52)65(51-36-29-45(30-37-51)53-21-12-22-58-56-20-8-10-24-61(56)66-64(53)58)50-34-27-42(28-35-50)49-33-39-55(59(41-49)44-15-5-2-6-16-44)54-38-31-48-26-25-46-17-11-18-47-32-40-57(54)63(48)62(46)47/h1-41H. The van der Waals surface area contributed by atoms with E-state index in [4.69, 9.17) is 4.42 Å². The zero-order chi connectivity index (χ0) is 43.6. The molecular weight excluding hydrogens is 799 g/mol. The maximum Gasteiger partial charge on any atom is 0.143 e. The first-order valence-electron chi connectivity index (χ1n) is 22.7. The van der Waals surface area contributed by atoms with Crippen LogP contribution in [0.3, 0.4) is 0 Å². The molecule has 66 heavy (non-hydrogen) atoms. The van der Waals surface area contributed by atoms with Crippen LogP contribution in [0.1, 0.15) is 0 Å². The Balaban J connectivity index is 0.919. The summed E-state index contributed by atoms with van der Waals surface area (Å²) in [6.07, 6.45) is 0. The van der Waals surface area contributed by atoms with Crippen LogP contribution >= 0.6 is 0 Å². The number of anilines is 3. The van der Waals surface area contributed by atoms with E-state index >= 15 is 0 Å². The Labute approximate surface area is 383 Å². The first-order chi connectivity index (χ1) is 32.7. The van der Waals surface area contributed by atoms with Crippen LogP contribution in [-0.4, -0.2) is 0 Å². The second-order valence-electron chi connectivity index (χ2n) is 17.2. The van der Waals surface area contributed by atoms with E-state index in [0.717, 1.165) is 61.3 Å². The van der Waals surface area contributed by atoms with Crippen molar-refractivity contribution in [3.63, 3.8) is 0 Å². The number of para-hydroxylation sites is 3. The Hall–Kier alpha value is -8.72. The zero-order valence-corrected chi connectivity index (χ0v) is 36.0. The predicted molar refractivity (Wildman–Crippen MR) is 279 cm³/mol. The summed E-state index contributed by atoms with van der Waals surface area (Å²) in [5.74, 6) is 0. The van der Waals surface area contributed by atoms with Crippen LogP contribution in [0.25, 0.3) is 110 Å². The van der Waals surface area contributed by atoms with E-state index in [-0.39, 0.29) is 0 Å². The molecule has 1 aromatic heterocycles. The van der Waals surface area contributed by atoms with Crippen molar-refractivity contribution in [3.05, 3.63) is 249 Å². The number of nitrogens with zero attached hydrogens (tertiary/aromatic N) is 1. The van der Waals surface area contributed by atoms with Gasteiger partial charge in [-0.15, -0.1) is 0 Å². The van der Waals surface area contributed by atoms with Gasteiger partial charge in [-0.25, -0.2) is 0 Å². The smallest absolute Gasteiger partial charge is 0.143 e. The fourth-order valence-corrected chi connectivity index (χ4v) is 10.3. The van der Waals surface area contributed by atoms with E-state index < -0.39 is 0 Å². The molecule has 0 saturated carbocycles. The molecule has 308 valence electrons. The van der Waals surface area contributed by atoms with Crippen molar-refractivity contribution >= 4 is 71.3 Å². The van der Waals surface area contributed by atoms with Crippen molar-refractivity contribution in [1.29, 1.82) is 0 Å². The van der Waals surface area contributed by atoms with Crippen LogP contribution in [0.5, 0.6) is 0 Å². The second kappa shape index (κ2) is 15.5. The number of benzene rings is 12. The third-order valence-corrected chi connectivity index (χ3v) is 13.5. The molecule has 13 rings (SSSR count). The van der Waals surface area contributed by atoms with Crippen LogP contribution in [0.4, 0.5) is 17.1 Å². The molecule has 0 bridgehead atoms. The molecule has 0 spiro atoms. The molecule has 0 aliphatic heterocycles. The van der Waals surface area contributed by atoms with Crippen molar-refractivity contribution in [2.24, 2.45) is 0 Å². The molecule has 0 atom stereocenters. The van der Waals surface area contributed by atoms with Crippen LogP contribution in [-0.2, 0) is 0 Å². The van der Waals surface area contributed by atoms with Gasteiger partial charge in [0.25, 0.3) is 0 Å². The van der Waals surface area contributed by atoms with Gasteiger partial charge >= 0.3 is 0 Å². The number of fused-ring (bicyclic) bond motifs is 3. The monoisotopic (exact) mass is 839 g/mol. The lowest BCUT2D eigenvalue weighted by atomic mass is 9.86. The fourth-order valence-electron chi connectivity index (χ4n) is 10.3. The lowest BCUT2D eigenvalue weighted by Crippen LogP contribution is -2.11. The quantitative estimate of drug-likeness (QED) is 0.142. The Morgan fingerprint density at radius 1 is 0.273 bits per heavy atom. The predicted octanol–water partition coefficient (Wildman–Crippen LogP) is 18.3. The average Bonchev–Trinajstić information content (AvgIpc) is 3.78. The van der Waals surface area contributed by atoms with E-state index in [2.05, 4.69) is 241 Å². The number of hydrogen-bond donors (Lipinski definition) is 0. The molecule has 0 fully saturated rings. The number of furan rings is 1. The molecule has 12 aromatic carbocycles. The van der Waals surface area contributed by atoms with Crippen LogP contribution in [0, 0.1) is 0 Å². The molecule has 13 aromatic rings. The van der Waals surface area contributed by atoms with Gasteiger partial charge in [0.05, 0.1) is 5.69 Å². The molecule has 2 nitrogen and oxygen atoms in total. The van der Waals surface area contributed by atoms with Gasteiger partial charge < -0.3 is 9.32 Å². The number of hydrogen-bond acceptors (Lipinski definition) is 2. The fraction of sp³-hybridized carbons (Fsp3) is 0. The highest BCUT2D eigenvalue weighted by Gasteiger charge is 2.20. The Kier molecular flexibility index (Phi) is 8.89. The highest BCUT2D eigenvalue weighted by atomic mass is 16.3.